The van der Waals surface area contributed by atoms with Crippen molar-refractivity contribution in [2.45, 2.75) is 25.9 Å². The second-order valence-corrected chi connectivity index (χ2v) is 10.00. The summed E-state index contributed by atoms with van der Waals surface area (Å²) < 4.78 is 14.6. The Balaban J connectivity index is 1.86. The lowest BCUT2D eigenvalue weighted by Gasteiger charge is -2.32. The summed E-state index contributed by atoms with van der Waals surface area (Å²) in [5.74, 6) is -0.831. The lowest BCUT2D eigenvalue weighted by Crippen LogP contribution is -2.48. The summed E-state index contributed by atoms with van der Waals surface area (Å²) >= 11 is 5.89. The highest BCUT2D eigenvalue weighted by Crippen LogP contribution is 2.19. The molecule has 0 saturated carbocycles. The fourth-order valence-electron chi connectivity index (χ4n) is 3.77. The van der Waals surface area contributed by atoms with E-state index >= 15 is 0 Å². The average Bonchev–Trinajstić information content (AvgIpc) is 2.82. The highest BCUT2D eigenvalue weighted by Gasteiger charge is 2.30. The minimum absolute atomic E-state index is 0.0342. The van der Waals surface area contributed by atoms with Crippen molar-refractivity contribution in [3.63, 3.8) is 0 Å². The Morgan fingerprint density at radius 2 is 1.94 bits per heavy atom. The van der Waals surface area contributed by atoms with Crippen LogP contribution in [0.5, 0.6) is 0 Å². The highest BCUT2D eigenvalue weighted by atomic mass is 35.5. The van der Waals surface area contributed by atoms with Crippen LogP contribution in [-0.2, 0) is 30.5 Å². The Bertz CT molecular complexity index is 1140. The molecule has 9 nitrogen and oxygen atoms in total. The van der Waals surface area contributed by atoms with E-state index in [1.165, 1.54) is 10.6 Å². The summed E-state index contributed by atoms with van der Waals surface area (Å²) in [7, 11) is 0.565. The molecule has 0 bridgehead atoms. The first-order valence-electron chi connectivity index (χ1n) is 11.0. The zero-order valence-electron chi connectivity index (χ0n) is 19.3. The largest absolute Gasteiger partial charge is 0.396 e. The van der Waals surface area contributed by atoms with Crippen LogP contribution in [0, 0.1) is 0 Å². The third-order valence-corrected chi connectivity index (χ3v) is 7.10. The van der Waals surface area contributed by atoms with Crippen LogP contribution in [0.2, 0.25) is 5.02 Å². The molecule has 2 heterocycles. The third kappa shape index (κ3) is 6.12. The summed E-state index contributed by atoms with van der Waals surface area (Å²) in [6.45, 7) is 1.50. The number of carbonyl (C=O) groups excluding carboxylic acids is 2. The number of hydrogen-bond acceptors (Lipinski definition) is 5. The molecule has 1 aromatic carbocycles. The number of fused-ring (bicyclic) bond motifs is 1. The van der Waals surface area contributed by atoms with E-state index in [1.54, 1.807) is 46.8 Å². The number of rotatable bonds is 10. The summed E-state index contributed by atoms with van der Waals surface area (Å²) in [6.07, 6.45) is 2.31. The first-order valence-corrected chi connectivity index (χ1v) is 12.9. The second-order valence-electron chi connectivity index (χ2n) is 8.09. The van der Waals surface area contributed by atoms with Crippen molar-refractivity contribution in [1.29, 1.82) is 0 Å². The van der Waals surface area contributed by atoms with E-state index in [9.17, 15) is 23.7 Å². The van der Waals surface area contributed by atoms with E-state index in [4.69, 9.17) is 11.6 Å². The molecule has 2 aromatic rings. The first kappa shape index (κ1) is 26.1. The Kier molecular flexibility index (Phi) is 9.01. The number of amides is 2. The molecule has 0 spiro atoms. The molecule has 1 atom stereocenters. The van der Waals surface area contributed by atoms with Gasteiger partial charge in [-0.25, -0.2) is 8.51 Å². The van der Waals surface area contributed by atoms with E-state index in [0.717, 1.165) is 5.56 Å². The average molecular weight is 509 g/mol. The number of hydrogen-bond donors (Lipinski definition) is 2. The molecule has 2 amide bonds. The number of aliphatic hydroxyl groups excluding tert-OH is 1. The molecule has 2 N–H and O–H groups in total. The zero-order valence-corrected chi connectivity index (χ0v) is 20.8. The predicted octanol–water partition coefficient (Wildman–Crippen LogP) is 1.04. The Morgan fingerprint density at radius 3 is 2.59 bits per heavy atom. The van der Waals surface area contributed by atoms with E-state index in [2.05, 4.69) is 5.32 Å². The first-order chi connectivity index (χ1) is 16.2. The minimum Gasteiger partial charge on any atom is -0.396 e. The van der Waals surface area contributed by atoms with Crippen LogP contribution in [0.25, 0.3) is 0 Å². The van der Waals surface area contributed by atoms with Crippen LogP contribution >= 0.6 is 11.6 Å². The number of likely N-dealkylation sites (N-methyl/N-ethyl adjacent to an activating group) is 1. The maximum Gasteiger partial charge on any atom is 0.270 e. The van der Waals surface area contributed by atoms with Gasteiger partial charge in [0.15, 0.2) is 0 Å². The van der Waals surface area contributed by atoms with Gasteiger partial charge in [0, 0.05) is 50.6 Å². The smallest absolute Gasteiger partial charge is 0.270 e. The lowest BCUT2D eigenvalue weighted by molar-refractivity contribution is 0.0691. The van der Waals surface area contributed by atoms with Gasteiger partial charge in [-0.3, -0.25) is 14.4 Å². The van der Waals surface area contributed by atoms with Gasteiger partial charge in [-0.2, -0.15) is 0 Å². The normalized spacial score (nSPS) is 14.3. The van der Waals surface area contributed by atoms with Crippen molar-refractivity contribution in [1.82, 2.24) is 19.1 Å². The van der Waals surface area contributed by atoms with E-state index < -0.39 is 22.5 Å². The van der Waals surface area contributed by atoms with Crippen LogP contribution in [-0.4, -0.2) is 74.4 Å². The van der Waals surface area contributed by atoms with E-state index in [1.807, 2.05) is 0 Å². The molecule has 1 aliphatic rings. The maximum atomic E-state index is 13.3. The molecule has 1 unspecified atom stereocenters. The third-order valence-electron chi connectivity index (χ3n) is 5.79. The molecule has 1 aliphatic heterocycles. The lowest BCUT2D eigenvalue weighted by atomic mass is 10.0. The molecular formula is C23H29ClN4O5S. The van der Waals surface area contributed by atoms with E-state index in [-0.39, 0.29) is 36.9 Å². The molecule has 34 heavy (non-hydrogen) atoms. The van der Waals surface area contributed by atoms with Gasteiger partial charge in [-0.1, -0.05) is 23.7 Å². The zero-order chi connectivity index (χ0) is 24.8. The summed E-state index contributed by atoms with van der Waals surface area (Å²) in [5, 5.41) is 12.7. The van der Waals surface area contributed by atoms with E-state index in [0.29, 0.717) is 43.1 Å². The van der Waals surface area contributed by atoms with Gasteiger partial charge < -0.3 is 19.9 Å². The number of halogens is 1. The van der Waals surface area contributed by atoms with Crippen LogP contribution in [0.4, 0.5) is 0 Å². The highest BCUT2D eigenvalue weighted by molar-refractivity contribution is 7.81. The van der Waals surface area contributed by atoms with Crippen molar-refractivity contribution in [2.75, 3.05) is 39.5 Å². The Morgan fingerprint density at radius 1 is 1.24 bits per heavy atom. The van der Waals surface area contributed by atoms with Gasteiger partial charge in [0.1, 0.15) is 11.3 Å². The Hall–Kier alpha value is -2.53. The van der Waals surface area contributed by atoms with Crippen LogP contribution in [0.1, 0.15) is 38.4 Å². The molecule has 184 valence electrons. The number of nitrogens with one attached hydrogen (secondary N) is 1. The number of carbonyl (C=O) groups is 2. The quantitative estimate of drug-likeness (QED) is 0.498. The number of aromatic nitrogens is 1. The van der Waals surface area contributed by atoms with Gasteiger partial charge >= 0.3 is 0 Å². The SMILES string of the molecule is CN(CCN1CCn2c(c(CCCO)cc(C(=O)NCc3ccc(Cl)cc3)c2=O)C1=O)S(C)=O. The molecule has 11 heteroatoms. The van der Waals surface area contributed by atoms with Crippen LogP contribution in [0.15, 0.2) is 35.1 Å². The number of pyridine rings is 1. The van der Waals surface area contributed by atoms with Gasteiger partial charge in [-0.05, 0) is 49.2 Å². The van der Waals surface area contributed by atoms with Crippen molar-refractivity contribution < 1.29 is 18.9 Å². The molecule has 0 saturated heterocycles. The summed E-state index contributed by atoms with van der Waals surface area (Å²) in [4.78, 5) is 40.9. The number of nitrogens with zero attached hydrogens (tertiary/aromatic N) is 3. The monoisotopic (exact) mass is 508 g/mol. The van der Waals surface area contributed by atoms with Crippen molar-refractivity contribution in [3.8, 4) is 0 Å². The Labute approximate surface area is 205 Å². The molecule has 1 aromatic heterocycles. The van der Waals surface area contributed by atoms with Gasteiger partial charge in [-0.15, -0.1) is 0 Å². The van der Waals surface area contributed by atoms with Crippen molar-refractivity contribution in [3.05, 3.63) is 68.1 Å². The molecule has 3 rings (SSSR count). The molecule has 0 radical (unpaired) electrons. The summed E-state index contributed by atoms with van der Waals surface area (Å²) in [6, 6.07) is 8.48. The summed E-state index contributed by atoms with van der Waals surface area (Å²) in [5.41, 5.74) is 1.08. The second kappa shape index (κ2) is 11.7. The van der Waals surface area contributed by atoms with Gasteiger partial charge in [0.25, 0.3) is 17.4 Å². The number of aliphatic hydroxyl groups is 1. The van der Waals surface area contributed by atoms with Gasteiger partial charge in [0.2, 0.25) is 0 Å². The molecular weight excluding hydrogens is 480 g/mol. The fraction of sp³-hybridized carbons (Fsp3) is 0.435. The maximum absolute atomic E-state index is 13.3. The van der Waals surface area contributed by atoms with Crippen molar-refractivity contribution in [2.24, 2.45) is 0 Å². The topological polar surface area (TPSA) is 112 Å². The number of benzene rings is 1. The van der Waals surface area contributed by atoms with Crippen LogP contribution in [0.3, 0.4) is 0 Å². The number of aryl methyl sites for hydroxylation is 1. The predicted molar refractivity (Wildman–Crippen MR) is 131 cm³/mol. The minimum atomic E-state index is -1.15. The fourth-order valence-corrected chi connectivity index (χ4v) is 4.23. The van der Waals surface area contributed by atoms with Gasteiger partial charge in [0.05, 0.1) is 11.0 Å². The standard InChI is InChI=1S/C23H29ClN4O5S/c1-26(34(2)33)9-10-27-11-12-28-20(23(27)32)17(4-3-13-29)14-19(22(28)31)21(30)25-15-16-5-7-18(24)8-6-16/h5-8,14,29H,3-4,9-13,15H2,1-2H3,(H,25,30). The van der Waals surface area contributed by atoms with Crippen molar-refractivity contribution >= 4 is 34.4 Å². The van der Waals surface area contributed by atoms with Crippen LogP contribution < -0.4 is 10.9 Å². The molecule has 0 fully saturated rings. The molecule has 0 aliphatic carbocycles.